The highest BCUT2D eigenvalue weighted by molar-refractivity contribution is 5.16. The van der Waals surface area contributed by atoms with Crippen molar-refractivity contribution in [3.63, 3.8) is 0 Å². The fourth-order valence-electron chi connectivity index (χ4n) is 0.926. The zero-order chi connectivity index (χ0) is 9.78. The first-order valence-corrected chi connectivity index (χ1v) is 4.19. The molecule has 0 N–H and O–H groups in total. The molecule has 0 unspecified atom stereocenters. The molecule has 0 atom stereocenters. The summed E-state index contributed by atoms with van der Waals surface area (Å²) in [4.78, 5) is 2.04. The minimum absolute atomic E-state index is 0.177. The van der Waals surface area contributed by atoms with Gasteiger partial charge in [-0.1, -0.05) is 20.8 Å². The Morgan fingerprint density at radius 1 is 1.42 bits per heavy atom. The third-order valence-corrected chi connectivity index (χ3v) is 1.67. The zero-order valence-electron chi connectivity index (χ0n) is 8.81. The number of allylic oxidation sites excluding steroid dienone is 1. The van der Waals surface area contributed by atoms with Gasteiger partial charge in [0.2, 0.25) is 0 Å². The average molecular weight is 165 g/mol. The van der Waals surface area contributed by atoms with Crippen LogP contribution in [0.25, 0.3) is 0 Å². The van der Waals surface area contributed by atoms with Crippen LogP contribution < -0.4 is 0 Å². The van der Waals surface area contributed by atoms with E-state index in [0.717, 1.165) is 6.42 Å². The Balaban J connectivity index is 4.58. The van der Waals surface area contributed by atoms with Crippen molar-refractivity contribution in [1.82, 2.24) is 4.90 Å². The quantitative estimate of drug-likeness (QED) is 0.568. The Morgan fingerprint density at radius 2 is 1.92 bits per heavy atom. The van der Waals surface area contributed by atoms with Crippen LogP contribution in [-0.2, 0) is 0 Å². The summed E-state index contributed by atoms with van der Waals surface area (Å²) >= 11 is 0. The molecule has 0 aliphatic carbocycles. The van der Waals surface area contributed by atoms with Gasteiger partial charge >= 0.3 is 0 Å². The third-order valence-electron chi connectivity index (χ3n) is 1.67. The Morgan fingerprint density at radius 3 is 2.17 bits per heavy atom. The van der Waals surface area contributed by atoms with Gasteiger partial charge in [0.05, 0.1) is 0 Å². The van der Waals surface area contributed by atoms with Crippen LogP contribution in [0.2, 0.25) is 0 Å². The van der Waals surface area contributed by atoms with E-state index >= 15 is 0 Å². The highest BCUT2D eigenvalue weighted by Gasteiger charge is 2.15. The van der Waals surface area contributed by atoms with Crippen molar-refractivity contribution in [2.24, 2.45) is 5.41 Å². The summed E-state index contributed by atoms with van der Waals surface area (Å²) in [5, 5.41) is 0. The van der Waals surface area contributed by atoms with Crippen molar-refractivity contribution in [3.05, 3.63) is 11.8 Å². The smallest absolute Gasteiger partial charge is 0.0319 e. The van der Waals surface area contributed by atoms with Gasteiger partial charge in [-0.25, -0.2) is 0 Å². The summed E-state index contributed by atoms with van der Waals surface area (Å²) in [6.45, 7) is 6.54. The summed E-state index contributed by atoms with van der Waals surface area (Å²) in [5.74, 6) is 2.68. The summed E-state index contributed by atoms with van der Waals surface area (Å²) in [5.41, 5.74) is 1.48. The Kier molecular flexibility index (Phi) is 3.89. The van der Waals surface area contributed by atoms with E-state index in [1.54, 1.807) is 0 Å². The van der Waals surface area contributed by atoms with Crippen LogP contribution in [0, 0.1) is 17.8 Å². The van der Waals surface area contributed by atoms with Crippen LogP contribution in [0.4, 0.5) is 0 Å². The number of hydrogen-bond acceptors (Lipinski definition) is 1. The lowest BCUT2D eigenvalue weighted by Crippen LogP contribution is -2.13. The van der Waals surface area contributed by atoms with Crippen LogP contribution in [0.5, 0.6) is 0 Å². The molecule has 0 spiro atoms. The molecular weight excluding hydrogens is 146 g/mol. The molecule has 68 valence electrons. The Hall–Kier alpha value is -0.900. The Labute approximate surface area is 76.5 Å². The van der Waals surface area contributed by atoms with Crippen molar-refractivity contribution < 1.29 is 0 Å². The lowest BCUT2D eigenvalue weighted by atomic mass is 9.85. The summed E-state index contributed by atoms with van der Waals surface area (Å²) in [6.07, 6.45) is 8.14. The maximum absolute atomic E-state index is 5.29. The van der Waals surface area contributed by atoms with Gasteiger partial charge in [-0.15, -0.1) is 12.3 Å². The predicted octanol–water partition coefficient (Wildman–Crippen LogP) is 2.50. The van der Waals surface area contributed by atoms with Gasteiger partial charge in [-0.2, -0.15) is 0 Å². The van der Waals surface area contributed by atoms with E-state index in [1.807, 2.05) is 19.0 Å². The maximum atomic E-state index is 5.29. The molecule has 0 rings (SSSR count). The fourth-order valence-corrected chi connectivity index (χ4v) is 0.926. The van der Waals surface area contributed by atoms with Gasteiger partial charge in [0.1, 0.15) is 0 Å². The molecule has 0 fully saturated rings. The Bertz CT molecular complexity index is 198. The highest BCUT2D eigenvalue weighted by Crippen LogP contribution is 2.27. The number of hydrogen-bond donors (Lipinski definition) is 0. The van der Waals surface area contributed by atoms with Crippen LogP contribution >= 0.6 is 0 Å². The molecular formula is C11H19N. The second-order valence-electron chi connectivity index (χ2n) is 4.25. The topological polar surface area (TPSA) is 3.24 Å². The second kappa shape index (κ2) is 4.21. The molecule has 0 aromatic heterocycles. The number of nitrogens with zero attached hydrogens (tertiary/aromatic N) is 1. The van der Waals surface area contributed by atoms with Crippen molar-refractivity contribution in [2.45, 2.75) is 27.2 Å². The van der Waals surface area contributed by atoms with E-state index < -0.39 is 0 Å². The SMILES string of the molecule is C#CC/C(=C\N(C)C)C(C)(C)C. The van der Waals surface area contributed by atoms with E-state index in [9.17, 15) is 0 Å². The minimum atomic E-state index is 0.177. The minimum Gasteiger partial charge on any atom is -0.383 e. The second-order valence-corrected chi connectivity index (χ2v) is 4.25. The lowest BCUT2D eigenvalue weighted by Gasteiger charge is -2.23. The van der Waals surface area contributed by atoms with E-state index in [1.165, 1.54) is 5.57 Å². The number of terminal acetylenes is 1. The standard InChI is InChI=1S/C11H19N/c1-7-8-10(9-12(5)6)11(2,3)4/h1,9H,8H2,2-6H3/b10-9+. The van der Waals surface area contributed by atoms with Gasteiger partial charge in [0.15, 0.2) is 0 Å². The van der Waals surface area contributed by atoms with Crippen molar-refractivity contribution in [3.8, 4) is 12.3 Å². The van der Waals surface area contributed by atoms with Crippen LogP contribution in [-0.4, -0.2) is 19.0 Å². The summed E-state index contributed by atoms with van der Waals surface area (Å²) < 4.78 is 0. The molecule has 0 heterocycles. The molecule has 0 aromatic carbocycles. The molecule has 0 radical (unpaired) electrons. The molecule has 0 aliphatic heterocycles. The van der Waals surface area contributed by atoms with Gasteiger partial charge in [-0.05, 0) is 17.2 Å². The maximum Gasteiger partial charge on any atom is 0.0319 e. The van der Waals surface area contributed by atoms with Crippen LogP contribution in [0.3, 0.4) is 0 Å². The van der Waals surface area contributed by atoms with Crippen LogP contribution in [0.1, 0.15) is 27.2 Å². The normalized spacial score (nSPS) is 12.5. The third kappa shape index (κ3) is 4.08. The molecule has 0 saturated heterocycles. The summed E-state index contributed by atoms with van der Waals surface area (Å²) in [6, 6.07) is 0. The highest BCUT2D eigenvalue weighted by atomic mass is 15.0. The molecule has 12 heavy (non-hydrogen) atoms. The van der Waals surface area contributed by atoms with Crippen molar-refractivity contribution in [1.29, 1.82) is 0 Å². The lowest BCUT2D eigenvalue weighted by molar-refractivity contribution is 0.464. The fraction of sp³-hybridized carbons (Fsp3) is 0.636. The van der Waals surface area contributed by atoms with Crippen LogP contribution in [0.15, 0.2) is 11.8 Å². The van der Waals surface area contributed by atoms with Gasteiger partial charge in [0.25, 0.3) is 0 Å². The first-order valence-electron chi connectivity index (χ1n) is 4.19. The molecule has 0 bridgehead atoms. The van der Waals surface area contributed by atoms with Crippen molar-refractivity contribution in [2.75, 3.05) is 14.1 Å². The summed E-state index contributed by atoms with van der Waals surface area (Å²) in [7, 11) is 4.03. The first kappa shape index (κ1) is 11.1. The van der Waals surface area contributed by atoms with Gasteiger partial charge < -0.3 is 4.90 Å². The van der Waals surface area contributed by atoms with Crippen molar-refractivity contribution >= 4 is 0 Å². The average Bonchev–Trinajstić information content (AvgIpc) is 1.83. The predicted molar refractivity (Wildman–Crippen MR) is 54.7 cm³/mol. The molecule has 0 saturated carbocycles. The van der Waals surface area contributed by atoms with Gasteiger partial charge in [-0.3, -0.25) is 0 Å². The van der Waals surface area contributed by atoms with E-state index in [0.29, 0.717) is 0 Å². The zero-order valence-corrected chi connectivity index (χ0v) is 8.81. The first-order chi connectivity index (χ1) is 5.38. The van der Waals surface area contributed by atoms with E-state index in [2.05, 4.69) is 32.9 Å². The molecule has 1 nitrogen and oxygen atoms in total. The van der Waals surface area contributed by atoms with E-state index in [-0.39, 0.29) is 5.41 Å². The molecule has 0 amide bonds. The number of rotatable bonds is 2. The molecule has 0 aliphatic rings. The van der Waals surface area contributed by atoms with Gasteiger partial charge in [0, 0.05) is 20.5 Å². The largest absolute Gasteiger partial charge is 0.383 e. The molecule has 1 heteroatoms. The molecule has 0 aromatic rings. The van der Waals surface area contributed by atoms with E-state index in [4.69, 9.17) is 6.42 Å². The monoisotopic (exact) mass is 165 g/mol.